The van der Waals surface area contributed by atoms with E-state index < -0.39 is 5.54 Å². The van der Waals surface area contributed by atoms with Crippen LogP contribution in [0.4, 0.5) is 10.7 Å². The van der Waals surface area contributed by atoms with Crippen LogP contribution >= 0.6 is 11.8 Å². The fourth-order valence-electron chi connectivity index (χ4n) is 3.86. The summed E-state index contributed by atoms with van der Waals surface area (Å²) in [6.45, 7) is 5.85. The number of imide groups is 1. The van der Waals surface area contributed by atoms with E-state index in [0.29, 0.717) is 13.0 Å². The lowest BCUT2D eigenvalue weighted by molar-refractivity contribution is -0.130. The van der Waals surface area contributed by atoms with Gasteiger partial charge in [-0.15, -0.1) is 10.2 Å². The molecule has 0 saturated carbocycles. The molecule has 0 unspecified atom stereocenters. The summed E-state index contributed by atoms with van der Waals surface area (Å²) in [5, 5.41) is 12.5. The molecule has 8 nitrogen and oxygen atoms in total. The monoisotopic (exact) mass is 428 g/mol. The molecule has 0 radical (unpaired) electrons. The van der Waals surface area contributed by atoms with E-state index >= 15 is 0 Å². The van der Waals surface area contributed by atoms with Gasteiger partial charge >= 0.3 is 6.03 Å². The van der Waals surface area contributed by atoms with Crippen LogP contribution in [0.1, 0.15) is 39.5 Å². The highest BCUT2D eigenvalue weighted by Crippen LogP contribution is 2.28. The number of amides is 3. The normalized spacial score (nSPS) is 18.7. The molecule has 1 aromatic heterocycles. The van der Waals surface area contributed by atoms with Crippen molar-refractivity contribution in [3.8, 4) is 5.69 Å². The molecule has 2 saturated heterocycles. The number of rotatable bonds is 7. The lowest BCUT2D eigenvalue weighted by Gasteiger charge is -2.27. The van der Waals surface area contributed by atoms with Crippen molar-refractivity contribution in [3.63, 3.8) is 0 Å². The fourth-order valence-corrected chi connectivity index (χ4v) is 4.74. The van der Waals surface area contributed by atoms with Gasteiger partial charge in [0, 0.05) is 25.4 Å². The second-order valence-corrected chi connectivity index (χ2v) is 9.28. The zero-order valence-corrected chi connectivity index (χ0v) is 18.3. The summed E-state index contributed by atoms with van der Waals surface area (Å²) in [5.74, 6) is 1.46. The SMILES string of the molecule is CC1(C)NC(=O)N(CCCSc2nnc(N3CCCCC3)n2-c2ccccc2)C1=O. The van der Waals surface area contributed by atoms with Gasteiger partial charge in [-0.3, -0.25) is 14.3 Å². The van der Waals surface area contributed by atoms with Crippen LogP contribution in [0.15, 0.2) is 35.5 Å². The summed E-state index contributed by atoms with van der Waals surface area (Å²) >= 11 is 1.61. The van der Waals surface area contributed by atoms with Crippen LogP contribution in [0.2, 0.25) is 0 Å². The molecule has 3 heterocycles. The topological polar surface area (TPSA) is 83.4 Å². The molecule has 4 rings (SSSR count). The van der Waals surface area contributed by atoms with Crippen molar-refractivity contribution in [2.24, 2.45) is 0 Å². The minimum atomic E-state index is -0.818. The summed E-state index contributed by atoms with van der Waals surface area (Å²) in [6.07, 6.45) is 4.30. The quantitative estimate of drug-likeness (QED) is 0.415. The number of aromatic nitrogens is 3. The third kappa shape index (κ3) is 4.16. The van der Waals surface area contributed by atoms with Crippen molar-refractivity contribution in [1.82, 2.24) is 25.0 Å². The second kappa shape index (κ2) is 8.67. The number of hydrogen-bond acceptors (Lipinski definition) is 6. The van der Waals surface area contributed by atoms with Crippen molar-refractivity contribution in [2.45, 2.75) is 50.2 Å². The zero-order valence-electron chi connectivity index (χ0n) is 17.5. The fraction of sp³-hybridized carbons (Fsp3) is 0.524. The number of hydrogen-bond donors (Lipinski definition) is 1. The van der Waals surface area contributed by atoms with Gasteiger partial charge in [-0.1, -0.05) is 30.0 Å². The lowest BCUT2D eigenvalue weighted by atomic mass is 10.1. The van der Waals surface area contributed by atoms with E-state index in [1.54, 1.807) is 25.6 Å². The molecule has 3 amide bonds. The standard InChI is InChI=1S/C21H28N6O2S/c1-21(2)17(28)26(19(29)22-21)14-9-15-30-20-24-23-18(25-12-7-4-8-13-25)27(20)16-10-5-3-6-11-16/h3,5-6,10-11H,4,7-9,12-15H2,1-2H3,(H,22,29). The Balaban J connectivity index is 1.45. The van der Waals surface area contributed by atoms with E-state index in [1.807, 2.05) is 18.2 Å². The Hall–Kier alpha value is -2.55. The summed E-state index contributed by atoms with van der Waals surface area (Å²) in [5.41, 5.74) is 0.225. The number of nitrogens with zero attached hydrogens (tertiary/aromatic N) is 5. The van der Waals surface area contributed by atoms with Crippen LogP contribution in [-0.4, -0.2) is 62.5 Å². The predicted octanol–water partition coefficient (Wildman–Crippen LogP) is 3.07. The molecule has 30 heavy (non-hydrogen) atoms. The van der Waals surface area contributed by atoms with Gasteiger partial charge in [0.25, 0.3) is 5.91 Å². The molecule has 1 N–H and O–H groups in total. The van der Waals surface area contributed by atoms with Crippen LogP contribution in [0, 0.1) is 0 Å². The molecule has 0 aliphatic carbocycles. The summed E-state index contributed by atoms with van der Waals surface area (Å²) in [7, 11) is 0. The van der Waals surface area contributed by atoms with Gasteiger partial charge in [-0.2, -0.15) is 0 Å². The Morgan fingerprint density at radius 3 is 2.47 bits per heavy atom. The highest BCUT2D eigenvalue weighted by atomic mass is 32.2. The van der Waals surface area contributed by atoms with Crippen LogP contribution < -0.4 is 10.2 Å². The Morgan fingerprint density at radius 2 is 1.80 bits per heavy atom. The maximum absolute atomic E-state index is 12.3. The summed E-state index contributed by atoms with van der Waals surface area (Å²) in [4.78, 5) is 28.0. The highest BCUT2D eigenvalue weighted by molar-refractivity contribution is 7.99. The second-order valence-electron chi connectivity index (χ2n) is 8.22. The molecule has 2 aliphatic rings. The number of carbonyl (C=O) groups excluding carboxylic acids is 2. The van der Waals surface area contributed by atoms with E-state index in [9.17, 15) is 9.59 Å². The summed E-state index contributed by atoms with van der Waals surface area (Å²) in [6, 6.07) is 9.86. The Bertz CT molecular complexity index is 907. The number of nitrogens with one attached hydrogen (secondary N) is 1. The summed E-state index contributed by atoms with van der Waals surface area (Å²) < 4.78 is 2.12. The Labute approximate surface area is 181 Å². The molecule has 2 aromatic rings. The first kappa shape index (κ1) is 20.7. The van der Waals surface area contributed by atoms with Crippen molar-refractivity contribution in [3.05, 3.63) is 30.3 Å². The minimum absolute atomic E-state index is 0.169. The van der Waals surface area contributed by atoms with Crippen molar-refractivity contribution >= 4 is 29.6 Å². The predicted molar refractivity (Wildman–Crippen MR) is 117 cm³/mol. The molecular weight excluding hydrogens is 400 g/mol. The van der Waals surface area contributed by atoms with E-state index in [1.165, 1.54) is 24.2 Å². The van der Waals surface area contributed by atoms with Gasteiger partial charge in [-0.25, -0.2) is 4.79 Å². The third-order valence-electron chi connectivity index (χ3n) is 5.47. The van der Waals surface area contributed by atoms with E-state index in [0.717, 1.165) is 35.6 Å². The van der Waals surface area contributed by atoms with Crippen LogP contribution in [-0.2, 0) is 4.79 Å². The lowest BCUT2D eigenvalue weighted by Crippen LogP contribution is -2.40. The number of thioether (sulfide) groups is 1. The number of urea groups is 1. The molecule has 0 spiro atoms. The van der Waals surface area contributed by atoms with E-state index in [2.05, 4.69) is 37.1 Å². The highest BCUT2D eigenvalue weighted by Gasteiger charge is 2.43. The van der Waals surface area contributed by atoms with E-state index in [-0.39, 0.29) is 11.9 Å². The average molecular weight is 429 g/mol. The van der Waals surface area contributed by atoms with Gasteiger partial charge in [0.2, 0.25) is 5.95 Å². The van der Waals surface area contributed by atoms with Gasteiger partial charge in [0.15, 0.2) is 5.16 Å². The molecule has 0 atom stereocenters. The first-order valence-electron chi connectivity index (χ1n) is 10.5. The van der Waals surface area contributed by atoms with Crippen molar-refractivity contribution < 1.29 is 9.59 Å². The number of carbonyl (C=O) groups is 2. The van der Waals surface area contributed by atoms with Crippen LogP contribution in [0.3, 0.4) is 0 Å². The van der Waals surface area contributed by atoms with Gasteiger partial charge in [0.1, 0.15) is 5.54 Å². The van der Waals surface area contributed by atoms with Crippen molar-refractivity contribution in [2.75, 3.05) is 30.3 Å². The number of anilines is 1. The third-order valence-corrected chi connectivity index (χ3v) is 6.49. The molecule has 160 valence electrons. The number of benzene rings is 1. The van der Waals surface area contributed by atoms with Crippen LogP contribution in [0.25, 0.3) is 5.69 Å². The molecule has 0 bridgehead atoms. The maximum atomic E-state index is 12.3. The Kier molecular flexibility index (Phi) is 5.99. The average Bonchev–Trinajstić information content (AvgIpc) is 3.25. The first-order valence-corrected chi connectivity index (χ1v) is 11.5. The molecule has 9 heteroatoms. The van der Waals surface area contributed by atoms with Gasteiger partial charge < -0.3 is 10.2 Å². The molecule has 1 aromatic carbocycles. The van der Waals surface area contributed by atoms with Crippen LogP contribution in [0.5, 0.6) is 0 Å². The van der Waals surface area contributed by atoms with E-state index in [4.69, 9.17) is 0 Å². The largest absolute Gasteiger partial charge is 0.341 e. The molecule has 2 fully saturated rings. The zero-order chi connectivity index (χ0) is 21.1. The number of para-hydroxylation sites is 1. The van der Waals surface area contributed by atoms with Crippen molar-refractivity contribution in [1.29, 1.82) is 0 Å². The smallest absolute Gasteiger partial charge is 0.325 e. The number of piperidine rings is 1. The van der Waals surface area contributed by atoms with Gasteiger partial charge in [-0.05, 0) is 51.7 Å². The minimum Gasteiger partial charge on any atom is -0.341 e. The van der Waals surface area contributed by atoms with Gasteiger partial charge in [0.05, 0.1) is 5.69 Å². The first-order chi connectivity index (χ1) is 14.5. The maximum Gasteiger partial charge on any atom is 0.325 e. The molecular formula is C21H28N6O2S. The Morgan fingerprint density at radius 1 is 1.07 bits per heavy atom. The molecule has 2 aliphatic heterocycles.